The van der Waals surface area contributed by atoms with E-state index < -0.39 is 17.7 Å². The highest BCUT2D eigenvalue weighted by atomic mass is 35.5. The first-order chi connectivity index (χ1) is 13.7. The highest BCUT2D eigenvalue weighted by Crippen LogP contribution is 2.50. The Bertz CT molecular complexity index is 888. The zero-order chi connectivity index (χ0) is 21.3. The average Bonchev–Trinajstić information content (AvgIpc) is 3.24. The molecule has 156 valence electrons. The molecule has 1 aromatic rings. The summed E-state index contributed by atoms with van der Waals surface area (Å²) in [6.07, 6.45) is 2.71. The summed E-state index contributed by atoms with van der Waals surface area (Å²) in [6, 6.07) is 3.84. The number of nitrogens with two attached hydrogens (primary N) is 2. The SMILES string of the molecule is CN=C(N)/C(C(=O)Nc1ccc(F)c(Cl)c1)=C(\N)C1CC2CC(C(=O)O)CC2C1. The maximum absolute atomic E-state index is 13.4. The number of allylic oxidation sites excluding steroid dienone is 1. The van der Waals surface area contributed by atoms with Crippen LogP contribution in [0, 0.1) is 29.5 Å². The number of aliphatic carboxylic acids is 1. The van der Waals surface area contributed by atoms with Crippen molar-refractivity contribution in [3.05, 3.63) is 40.3 Å². The van der Waals surface area contributed by atoms with Gasteiger partial charge in [-0.25, -0.2) is 4.39 Å². The van der Waals surface area contributed by atoms with Gasteiger partial charge in [0.05, 0.1) is 10.9 Å². The molecule has 0 aliphatic heterocycles. The predicted octanol–water partition coefficient (Wildman–Crippen LogP) is 2.75. The maximum Gasteiger partial charge on any atom is 0.306 e. The number of carboxylic acids is 1. The van der Waals surface area contributed by atoms with Gasteiger partial charge in [0, 0.05) is 18.4 Å². The Morgan fingerprint density at radius 2 is 1.76 bits per heavy atom. The van der Waals surface area contributed by atoms with Crippen LogP contribution in [0.15, 0.2) is 34.5 Å². The van der Waals surface area contributed by atoms with Gasteiger partial charge in [-0.2, -0.15) is 0 Å². The van der Waals surface area contributed by atoms with E-state index in [1.165, 1.54) is 19.2 Å². The largest absolute Gasteiger partial charge is 0.481 e. The number of halogens is 2. The number of amidine groups is 1. The number of fused-ring (bicyclic) bond motifs is 1. The van der Waals surface area contributed by atoms with Gasteiger partial charge in [-0.15, -0.1) is 0 Å². The Morgan fingerprint density at radius 3 is 2.28 bits per heavy atom. The Morgan fingerprint density at radius 1 is 1.17 bits per heavy atom. The minimum absolute atomic E-state index is 0.00804. The second-order valence-corrected chi connectivity index (χ2v) is 8.12. The van der Waals surface area contributed by atoms with Crippen molar-refractivity contribution in [3.8, 4) is 0 Å². The molecule has 2 saturated carbocycles. The van der Waals surface area contributed by atoms with Crippen LogP contribution in [0.5, 0.6) is 0 Å². The van der Waals surface area contributed by atoms with Crippen LogP contribution in [-0.4, -0.2) is 29.9 Å². The first kappa shape index (κ1) is 21.1. The van der Waals surface area contributed by atoms with Crippen LogP contribution >= 0.6 is 11.6 Å². The molecule has 9 heteroatoms. The number of carboxylic acid groups (broad SMARTS) is 1. The fourth-order valence-electron chi connectivity index (χ4n) is 4.55. The molecule has 0 heterocycles. The van der Waals surface area contributed by atoms with Crippen molar-refractivity contribution >= 4 is 35.0 Å². The number of rotatable bonds is 5. The molecule has 0 aromatic heterocycles. The minimum Gasteiger partial charge on any atom is -0.481 e. The van der Waals surface area contributed by atoms with Crippen LogP contribution in [0.3, 0.4) is 0 Å². The van der Waals surface area contributed by atoms with E-state index in [2.05, 4.69) is 10.3 Å². The van der Waals surface area contributed by atoms with Gasteiger partial charge in [0.25, 0.3) is 5.91 Å². The topological polar surface area (TPSA) is 131 Å². The van der Waals surface area contributed by atoms with Gasteiger partial charge in [-0.05, 0) is 61.6 Å². The molecule has 2 fully saturated rings. The van der Waals surface area contributed by atoms with E-state index in [1.54, 1.807) is 0 Å². The number of amides is 1. The van der Waals surface area contributed by atoms with Crippen molar-refractivity contribution in [1.82, 2.24) is 0 Å². The lowest BCUT2D eigenvalue weighted by Gasteiger charge is -2.18. The van der Waals surface area contributed by atoms with Crippen LogP contribution in [0.1, 0.15) is 25.7 Å². The molecule has 2 atom stereocenters. The number of nitrogens with zero attached hydrogens (tertiary/aromatic N) is 1. The molecular formula is C20H24ClFN4O3. The summed E-state index contributed by atoms with van der Waals surface area (Å²) < 4.78 is 13.4. The van der Waals surface area contributed by atoms with Gasteiger partial charge < -0.3 is 21.9 Å². The van der Waals surface area contributed by atoms with Crippen molar-refractivity contribution < 1.29 is 19.1 Å². The Labute approximate surface area is 173 Å². The highest BCUT2D eigenvalue weighted by Gasteiger charge is 2.45. The maximum atomic E-state index is 13.4. The number of hydrogen-bond acceptors (Lipinski definition) is 4. The van der Waals surface area contributed by atoms with E-state index >= 15 is 0 Å². The van der Waals surface area contributed by atoms with Crippen molar-refractivity contribution in [1.29, 1.82) is 0 Å². The van der Waals surface area contributed by atoms with Gasteiger partial charge in [-0.3, -0.25) is 14.6 Å². The predicted molar refractivity (Wildman–Crippen MR) is 109 cm³/mol. The van der Waals surface area contributed by atoms with Crippen LogP contribution < -0.4 is 16.8 Å². The lowest BCUT2D eigenvalue weighted by atomic mass is 9.93. The van der Waals surface area contributed by atoms with E-state index in [1.807, 2.05) is 0 Å². The summed E-state index contributed by atoms with van der Waals surface area (Å²) in [6.45, 7) is 0. The van der Waals surface area contributed by atoms with Gasteiger partial charge in [-0.1, -0.05) is 11.6 Å². The van der Waals surface area contributed by atoms with Gasteiger partial charge in [0.2, 0.25) is 0 Å². The summed E-state index contributed by atoms with van der Waals surface area (Å²) in [7, 11) is 1.46. The van der Waals surface area contributed by atoms with Crippen molar-refractivity contribution in [2.75, 3.05) is 12.4 Å². The lowest BCUT2D eigenvalue weighted by molar-refractivity contribution is -0.141. The smallest absolute Gasteiger partial charge is 0.306 e. The molecule has 2 aliphatic rings. The monoisotopic (exact) mass is 422 g/mol. The first-order valence-electron chi connectivity index (χ1n) is 9.42. The van der Waals surface area contributed by atoms with Crippen molar-refractivity contribution in [3.63, 3.8) is 0 Å². The summed E-state index contributed by atoms with van der Waals surface area (Å²) >= 11 is 5.77. The fraction of sp³-hybridized carbons (Fsp3) is 0.450. The molecule has 2 aliphatic carbocycles. The normalized spacial score (nSPS) is 27.3. The first-order valence-corrected chi connectivity index (χ1v) is 9.80. The van der Waals surface area contributed by atoms with Crippen LogP contribution in [-0.2, 0) is 9.59 Å². The number of carbonyl (C=O) groups excluding carboxylic acids is 1. The average molecular weight is 423 g/mol. The highest BCUT2D eigenvalue weighted by molar-refractivity contribution is 6.31. The molecule has 3 rings (SSSR count). The van der Waals surface area contributed by atoms with Gasteiger partial charge >= 0.3 is 5.97 Å². The van der Waals surface area contributed by atoms with E-state index in [0.717, 1.165) is 18.9 Å². The fourth-order valence-corrected chi connectivity index (χ4v) is 4.73. The third-order valence-electron chi connectivity index (χ3n) is 6.00. The molecule has 1 aromatic carbocycles. The standard InChI is InChI=1S/C20H24ClFN4O3/c1-25-18(24)16(19(27)26-13-2-3-15(22)14(21)8-13)17(23)11-4-9-6-12(20(28)29)7-10(9)5-11/h2-3,8-12H,4-7,23H2,1H3,(H2,24,25)(H,26,27)(H,28,29)/b17-16+. The van der Waals surface area contributed by atoms with Gasteiger partial charge in [0.15, 0.2) is 0 Å². The number of nitrogens with one attached hydrogen (secondary N) is 1. The molecule has 2 unspecified atom stereocenters. The molecule has 0 radical (unpaired) electrons. The molecule has 0 saturated heterocycles. The van der Waals surface area contributed by atoms with E-state index in [-0.39, 0.29) is 40.1 Å². The number of aliphatic imine (C=N–C) groups is 1. The van der Waals surface area contributed by atoms with Gasteiger partial charge in [0.1, 0.15) is 17.2 Å². The van der Waals surface area contributed by atoms with Crippen LogP contribution in [0.2, 0.25) is 5.02 Å². The molecule has 29 heavy (non-hydrogen) atoms. The summed E-state index contributed by atoms with van der Waals surface area (Å²) in [5, 5.41) is 11.8. The molecule has 7 nitrogen and oxygen atoms in total. The quantitative estimate of drug-likeness (QED) is 0.329. The number of anilines is 1. The molecule has 6 N–H and O–H groups in total. The third-order valence-corrected chi connectivity index (χ3v) is 6.28. The molecule has 1 amide bonds. The van der Waals surface area contributed by atoms with Crippen LogP contribution in [0.25, 0.3) is 0 Å². The van der Waals surface area contributed by atoms with E-state index in [0.29, 0.717) is 24.2 Å². The second-order valence-electron chi connectivity index (χ2n) is 7.72. The van der Waals surface area contributed by atoms with Crippen molar-refractivity contribution in [2.45, 2.75) is 25.7 Å². The Hall–Kier alpha value is -2.61. The summed E-state index contributed by atoms with van der Waals surface area (Å²) in [4.78, 5) is 28.0. The second kappa shape index (κ2) is 8.41. The summed E-state index contributed by atoms with van der Waals surface area (Å²) in [5.41, 5.74) is 13.1. The Balaban J connectivity index is 1.80. The number of hydrogen-bond donors (Lipinski definition) is 4. The van der Waals surface area contributed by atoms with E-state index in [4.69, 9.17) is 23.1 Å². The molecular weight excluding hydrogens is 399 g/mol. The zero-order valence-electron chi connectivity index (χ0n) is 16.0. The zero-order valence-corrected chi connectivity index (χ0v) is 16.7. The number of carbonyl (C=O) groups is 2. The molecule has 0 spiro atoms. The van der Waals surface area contributed by atoms with Crippen molar-refractivity contribution in [2.24, 2.45) is 40.1 Å². The third kappa shape index (κ3) is 4.37. The van der Waals surface area contributed by atoms with Crippen LogP contribution in [0.4, 0.5) is 10.1 Å². The number of benzene rings is 1. The van der Waals surface area contributed by atoms with E-state index in [9.17, 15) is 19.1 Å². The Kier molecular flexibility index (Phi) is 6.12. The lowest BCUT2D eigenvalue weighted by Crippen LogP contribution is -2.31. The molecule has 0 bridgehead atoms. The minimum atomic E-state index is -0.750. The summed E-state index contributed by atoms with van der Waals surface area (Å²) in [5.74, 6) is -1.70.